The highest BCUT2D eigenvalue weighted by Crippen LogP contribution is 2.22. The number of phenols is 1. The summed E-state index contributed by atoms with van der Waals surface area (Å²) in [5.74, 6) is -0.161. The second-order valence-corrected chi connectivity index (χ2v) is 6.31. The van der Waals surface area contributed by atoms with Crippen molar-refractivity contribution in [3.8, 4) is 5.75 Å². The Balaban J connectivity index is 1.74. The first-order valence-electron chi connectivity index (χ1n) is 8.45. The summed E-state index contributed by atoms with van der Waals surface area (Å²) in [6.07, 6.45) is 0.708. The summed E-state index contributed by atoms with van der Waals surface area (Å²) >= 11 is 0. The smallest absolute Gasteiger partial charge is 0.257 e. The normalized spacial score (nSPS) is 14.4. The third-order valence-electron chi connectivity index (χ3n) is 4.55. The van der Waals surface area contributed by atoms with Crippen molar-refractivity contribution in [2.24, 2.45) is 0 Å². The Bertz CT molecular complexity index is 766. The topological polar surface area (TPSA) is 60.9 Å². The number of phenolic OH excluding ortho intramolecular Hbond substituents is 1. The zero-order valence-electron chi connectivity index (χ0n) is 14.3. The molecule has 2 aromatic carbocycles. The molecule has 0 aromatic heterocycles. The van der Waals surface area contributed by atoms with Crippen molar-refractivity contribution in [2.75, 3.05) is 26.2 Å². The Hall–Kier alpha value is -2.82. The molecule has 25 heavy (non-hydrogen) atoms. The van der Waals surface area contributed by atoms with E-state index in [1.807, 2.05) is 36.4 Å². The number of carbonyl (C=O) groups is 2. The van der Waals surface area contributed by atoms with Gasteiger partial charge in [0.25, 0.3) is 5.91 Å². The number of amides is 2. The minimum absolute atomic E-state index is 0.00388. The molecule has 0 saturated carbocycles. The molecule has 1 heterocycles. The van der Waals surface area contributed by atoms with E-state index >= 15 is 0 Å². The van der Waals surface area contributed by atoms with Crippen molar-refractivity contribution in [1.82, 2.24) is 9.80 Å². The Kier molecular flexibility index (Phi) is 5.03. The molecule has 130 valence electrons. The Morgan fingerprint density at radius 2 is 1.56 bits per heavy atom. The fraction of sp³-hybridized carbons (Fsp3) is 0.300. The number of rotatable bonds is 3. The van der Waals surface area contributed by atoms with E-state index < -0.39 is 0 Å². The minimum atomic E-state index is -0.185. The first-order valence-corrected chi connectivity index (χ1v) is 8.45. The van der Waals surface area contributed by atoms with Crippen molar-refractivity contribution >= 4 is 11.8 Å². The van der Waals surface area contributed by atoms with Crippen LogP contribution in [0.3, 0.4) is 0 Å². The predicted octanol–water partition coefficient (Wildman–Crippen LogP) is 2.29. The molecule has 5 heteroatoms. The van der Waals surface area contributed by atoms with Crippen LogP contribution in [0.25, 0.3) is 0 Å². The van der Waals surface area contributed by atoms with Gasteiger partial charge >= 0.3 is 0 Å². The number of carbonyl (C=O) groups excluding carboxylic acids is 2. The zero-order chi connectivity index (χ0) is 17.8. The number of hydrogen-bond donors (Lipinski definition) is 1. The van der Waals surface area contributed by atoms with Crippen LogP contribution in [0, 0.1) is 0 Å². The van der Waals surface area contributed by atoms with Gasteiger partial charge in [-0.15, -0.1) is 0 Å². The summed E-state index contributed by atoms with van der Waals surface area (Å²) in [5.41, 5.74) is 2.46. The highest BCUT2D eigenvalue weighted by molar-refractivity contribution is 5.97. The van der Waals surface area contributed by atoms with Gasteiger partial charge in [0, 0.05) is 33.1 Å². The fourth-order valence-electron chi connectivity index (χ4n) is 3.09. The van der Waals surface area contributed by atoms with Crippen LogP contribution in [0.15, 0.2) is 48.5 Å². The molecule has 0 bridgehead atoms. The first-order chi connectivity index (χ1) is 12.0. The van der Waals surface area contributed by atoms with E-state index in [-0.39, 0.29) is 17.6 Å². The maximum atomic E-state index is 12.8. The molecular formula is C20H22N2O3. The van der Waals surface area contributed by atoms with Crippen LogP contribution in [-0.4, -0.2) is 52.9 Å². The molecule has 1 saturated heterocycles. The van der Waals surface area contributed by atoms with Gasteiger partial charge in [0.1, 0.15) is 5.75 Å². The van der Waals surface area contributed by atoms with E-state index in [1.165, 1.54) is 6.92 Å². The van der Waals surface area contributed by atoms with Crippen LogP contribution >= 0.6 is 0 Å². The van der Waals surface area contributed by atoms with Crippen molar-refractivity contribution in [3.63, 3.8) is 0 Å². The third-order valence-corrected chi connectivity index (χ3v) is 4.55. The highest BCUT2D eigenvalue weighted by Gasteiger charge is 2.25. The van der Waals surface area contributed by atoms with Gasteiger partial charge in [0.15, 0.2) is 0 Å². The summed E-state index contributed by atoms with van der Waals surface area (Å²) in [6, 6.07) is 15.2. The minimum Gasteiger partial charge on any atom is -0.507 e. The largest absolute Gasteiger partial charge is 0.507 e. The van der Waals surface area contributed by atoms with Crippen molar-refractivity contribution in [2.45, 2.75) is 13.3 Å². The maximum absolute atomic E-state index is 12.8. The summed E-state index contributed by atoms with van der Waals surface area (Å²) < 4.78 is 0. The maximum Gasteiger partial charge on any atom is 0.257 e. The molecule has 0 atom stereocenters. The summed E-state index contributed by atoms with van der Waals surface area (Å²) in [4.78, 5) is 27.6. The predicted molar refractivity (Wildman–Crippen MR) is 95.5 cm³/mol. The highest BCUT2D eigenvalue weighted by atomic mass is 16.3. The van der Waals surface area contributed by atoms with Crippen LogP contribution in [0.1, 0.15) is 28.4 Å². The standard InChI is InChI=1S/C20H22N2O3/c1-15(23)21-9-11-22(12-10-21)20(25)18-14-17(7-8-19(18)24)13-16-5-3-2-4-6-16/h2-8,14,24H,9-13H2,1H3. The lowest BCUT2D eigenvalue weighted by atomic mass is 10.0. The molecule has 0 spiro atoms. The molecular weight excluding hydrogens is 316 g/mol. The monoisotopic (exact) mass is 338 g/mol. The Morgan fingerprint density at radius 3 is 2.20 bits per heavy atom. The summed E-state index contributed by atoms with van der Waals surface area (Å²) in [7, 11) is 0. The van der Waals surface area contributed by atoms with E-state index in [9.17, 15) is 14.7 Å². The molecule has 2 amide bonds. The van der Waals surface area contributed by atoms with Gasteiger partial charge in [-0.05, 0) is 29.7 Å². The van der Waals surface area contributed by atoms with Gasteiger partial charge in [-0.2, -0.15) is 0 Å². The van der Waals surface area contributed by atoms with Crippen molar-refractivity contribution in [3.05, 3.63) is 65.2 Å². The van der Waals surface area contributed by atoms with Crippen molar-refractivity contribution < 1.29 is 14.7 Å². The first kappa shape index (κ1) is 17.0. The molecule has 5 nitrogen and oxygen atoms in total. The quantitative estimate of drug-likeness (QED) is 0.934. The molecule has 3 rings (SSSR count). The van der Waals surface area contributed by atoms with Crippen LogP contribution in [0.2, 0.25) is 0 Å². The van der Waals surface area contributed by atoms with Gasteiger partial charge in [0.05, 0.1) is 5.56 Å². The van der Waals surface area contributed by atoms with E-state index in [2.05, 4.69) is 0 Å². The van der Waals surface area contributed by atoms with E-state index in [0.717, 1.165) is 11.1 Å². The average molecular weight is 338 g/mol. The molecule has 1 aliphatic heterocycles. The fourth-order valence-corrected chi connectivity index (χ4v) is 3.09. The molecule has 0 unspecified atom stereocenters. The molecule has 0 radical (unpaired) electrons. The number of benzene rings is 2. The zero-order valence-corrected chi connectivity index (χ0v) is 14.3. The molecule has 1 N–H and O–H groups in total. The number of hydrogen-bond acceptors (Lipinski definition) is 3. The SMILES string of the molecule is CC(=O)N1CCN(C(=O)c2cc(Cc3ccccc3)ccc2O)CC1. The van der Waals surface area contributed by atoms with E-state index in [0.29, 0.717) is 38.2 Å². The van der Waals surface area contributed by atoms with Crippen molar-refractivity contribution in [1.29, 1.82) is 0 Å². The Morgan fingerprint density at radius 1 is 0.920 bits per heavy atom. The van der Waals surface area contributed by atoms with E-state index in [1.54, 1.807) is 21.9 Å². The van der Waals surface area contributed by atoms with Crippen LogP contribution < -0.4 is 0 Å². The molecule has 1 fully saturated rings. The van der Waals surface area contributed by atoms with Crippen LogP contribution in [0.4, 0.5) is 0 Å². The van der Waals surface area contributed by atoms with E-state index in [4.69, 9.17) is 0 Å². The van der Waals surface area contributed by atoms with Crippen LogP contribution in [0.5, 0.6) is 5.75 Å². The molecule has 0 aliphatic carbocycles. The lowest BCUT2D eigenvalue weighted by Gasteiger charge is -2.34. The van der Waals surface area contributed by atoms with Gasteiger partial charge in [-0.25, -0.2) is 0 Å². The van der Waals surface area contributed by atoms with Gasteiger partial charge < -0.3 is 14.9 Å². The third kappa shape index (κ3) is 3.99. The second-order valence-electron chi connectivity index (χ2n) is 6.31. The van der Waals surface area contributed by atoms with Gasteiger partial charge in [-0.3, -0.25) is 9.59 Å². The number of piperazine rings is 1. The lowest BCUT2D eigenvalue weighted by Crippen LogP contribution is -2.50. The summed E-state index contributed by atoms with van der Waals surface area (Å²) in [6.45, 7) is 3.58. The summed E-state index contributed by atoms with van der Waals surface area (Å²) in [5, 5.41) is 10.1. The second kappa shape index (κ2) is 7.38. The van der Waals surface area contributed by atoms with Gasteiger partial charge in [-0.1, -0.05) is 36.4 Å². The van der Waals surface area contributed by atoms with Crippen LogP contribution in [-0.2, 0) is 11.2 Å². The average Bonchev–Trinajstić information content (AvgIpc) is 2.63. The lowest BCUT2D eigenvalue weighted by molar-refractivity contribution is -0.130. The Labute approximate surface area is 147 Å². The number of aromatic hydroxyl groups is 1. The molecule has 1 aliphatic rings. The number of nitrogens with zero attached hydrogens (tertiary/aromatic N) is 2. The van der Waals surface area contributed by atoms with Gasteiger partial charge in [0.2, 0.25) is 5.91 Å². The molecule has 2 aromatic rings.